The quantitative estimate of drug-likeness (QED) is 0.268. The number of rotatable bonds is 7. The van der Waals surface area contributed by atoms with Crippen molar-refractivity contribution in [2.45, 2.75) is 44.5 Å². The number of aromatic nitrogens is 4. The van der Waals surface area contributed by atoms with Crippen LogP contribution in [-0.4, -0.2) is 62.7 Å². The Bertz CT molecular complexity index is 1650. The number of carboxylic acids is 1. The Hall–Kier alpha value is -4.65. The first-order valence-electron chi connectivity index (χ1n) is 14.3. The smallest absolute Gasteiger partial charge is 0.429 e. The van der Waals surface area contributed by atoms with Gasteiger partial charge in [-0.1, -0.05) is 36.4 Å². The molecule has 0 radical (unpaired) electrons. The number of hydrogen-bond acceptors (Lipinski definition) is 8. The molecular formula is C31H32F3N7O3. The molecule has 2 aliphatic rings. The maximum Gasteiger partial charge on any atom is 0.429 e. The summed E-state index contributed by atoms with van der Waals surface area (Å²) < 4.78 is 51.6. The van der Waals surface area contributed by atoms with Gasteiger partial charge in [0.25, 0.3) is 0 Å². The molecule has 1 unspecified atom stereocenters. The molecule has 4 aromatic rings. The summed E-state index contributed by atoms with van der Waals surface area (Å²) in [4.78, 5) is 21.7. The SMILES string of the molecule is Cc1ccn(-c2ccc(-c3ccccc3)cc2C(Oc2cc(N3CCC4(CC3)CN[C@H](C(=O)O)C4)nc(N)n2)C(F)(F)F)n1. The van der Waals surface area contributed by atoms with Gasteiger partial charge in [-0.15, -0.1) is 0 Å². The maximum absolute atomic E-state index is 14.9. The van der Waals surface area contributed by atoms with Crippen molar-refractivity contribution in [3.8, 4) is 22.7 Å². The molecule has 230 valence electrons. The summed E-state index contributed by atoms with van der Waals surface area (Å²) in [5.41, 5.74) is 7.90. The van der Waals surface area contributed by atoms with Crippen molar-refractivity contribution < 1.29 is 27.8 Å². The first kappa shape index (κ1) is 29.4. The molecule has 4 heterocycles. The average molecular weight is 608 g/mol. The van der Waals surface area contributed by atoms with Crippen molar-refractivity contribution in [2.24, 2.45) is 5.41 Å². The molecule has 2 fully saturated rings. The molecule has 6 rings (SSSR count). The molecule has 1 spiro atoms. The molecule has 13 heteroatoms. The number of benzene rings is 2. The Morgan fingerprint density at radius 3 is 2.48 bits per heavy atom. The third-order valence-corrected chi connectivity index (χ3v) is 8.44. The predicted octanol–water partition coefficient (Wildman–Crippen LogP) is 4.94. The number of nitrogens with one attached hydrogen (secondary N) is 1. The molecular weight excluding hydrogens is 575 g/mol. The first-order valence-corrected chi connectivity index (χ1v) is 14.3. The normalized spacial score (nSPS) is 18.8. The Balaban J connectivity index is 1.31. The largest absolute Gasteiger partial charge is 0.480 e. The van der Waals surface area contributed by atoms with Crippen LogP contribution < -0.4 is 20.7 Å². The second-order valence-electron chi connectivity index (χ2n) is 11.5. The molecule has 4 N–H and O–H groups in total. The van der Waals surface area contributed by atoms with E-state index in [1.165, 1.54) is 16.8 Å². The first-order chi connectivity index (χ1) is 21.0. The zero-order chi connectivity index (χ0) is 31.1. The second-order valence-corrected chi connectivity index (χ2v) is 11.5. The molecule has 0 bridgehead atoms. The standard InChI is InChI=1S/C31H32F3N7O3/c1-19-9-12-41(39-19)24-8-7-21(20-5-3-2-4-6-20)15-22(24)27(31(32,33)34)44-26-16-25(37-29(35)38-26)40-13-10-30(11-14-40)17-23(28(42)43)36-18-30/h2-9,12,15-16,23,27,36H,10-11,13-14,17-18H2,1H3,(H,42,43)(H2,35,37,38)/t23-,27?/m0/s1. The van der Waals surface area contributed by atoms with E-state index in [9.17, 15) is 23.1 Å². The number of anilines is 2. The van der Waals surface area contributed by atoms with E-state index < -0.39 is 24.3 Å². The highest BCUT2D eigenvalue weighted by molar-refractivity contribution is 5.74. The molecule has 10 nitrogen and oxygen atoms in total. The van der Waals surface area contributed by atoms with Crippen LogP contribution >= 0.6 is 0 Å². The lowest BCUT2D eigenvalue weighted by Gasteiger charge is -2.39. The maximum atomic E-state index is 14.9. The number of aryl methyl sites for hydroxylation is 1. The van der Waals surface area contributed by atoms with E-state index in [0.29, 0.717) is 56.0 Å². The van der Waals surface area contributed by atoms with Gasteiger partial charge in [0, 0.05) is 37.5 Å². The Morgan fingerprint density at radius 1 is 1.09 bits per heavy atom. The van der Waals surface area contributed by atoms with Crippen LogP contribution in [0.4, 0.5) is 24.9 Å². The summed E-state index contributed by atoms with van der Waals surface area (Å²) in [7, 11) is 0. The number of hydrogen-bond donors (Lipinski definition) is 3. The van der Waals surface area contributed by atoms with Gasteiger partial charge in [-0.2, -0.15) is 28.2 Å². The van der Waals surface area contributed by atoms with Gasteiger partial charge in [0.1, 0.15) is 11.9 Å². The Labute approximate surface area is 251 Å². The van der Waals surface area contributed by atoms with Crippen LogP contribution in [0.15, 0.2) is 66.9 Å². The van der Waals surface area contributed by atoms with Crippen molar-refractivity contribution >= 4 is 17.7 Å². The molecule has 0 aliphatic carbocycles. The zero-order valence-corrected chi connectivity index (χ0v) is 24.0. The van der Waals surface area contributed by atoms with Gasteiger partial charge in [0.2, 0.25) is 17.9 Å². The summed E-state index contributed by atoms with van der Waals surface area (Å²) in [6, 6.07) is 16.4. The van der Waals surface area contributed by atoms with Crippen LogP contribution in [0.5, 0.6) is 5.88 Å². The Morgan fingerprint density at radius 2 is 1.84 bits per heavy atom. The highest BCUT2D eigenvalue weighted by Crippen LogP contribution is 2.43. The number of halogens is 3. The summed E-state index contributed by atoms with van der Waals surface area (Å²) in [5.74, 6) is -1.04. The molecule has 2 aliphatic heterocycles. The summed E-state index contributed by atoms with van der Waals surface area (Å²) in [6.07, 6.45) is -3.67. The number of carboxylic acid groups (broad SMARTS) is 1. The van der Waals surface area contributed by atoms with E-state index in [1.54, 1.807) is 31.3 Å². The van der Waals surface area contributed by atoms with Crippen LogP contribution in [-0.2, 0) is 4.79 Å². The molecule has 2 saturated heterocycles. The summed E-state index contributed by atoms with van der Waals surface area (Å²) >= 11 is 0. The number of nitrogens with zero attached hydrogens (tertiary/aromatic N) is 5. The van der Waals surface area contributed by atoms with Gasteiger partial charge in [0.15, 0.2) is 0 Å². The lowest BCUT2D eigenvalue weighted by atomic mass is 9.76. The topological polar surface area (TPSA) is 131 Å². The second kappa shape index (κ2) is 11.5. The zero-order valence-electron chi connectivity index (χ0n) is 24.0. The molecule has 44 heavy (non-hydrogen) atoms. The van der Waals surface area contributed by atoms with E-state index in [0.717, 1.165) is 5.56 Å². The number of aliphatic carboxylic acids is 1. The van der Waals surface area contributed by atoms with Crippen LogP contribution in [0, 0.1) is 12.3 Å². The fourth-order valence-electron chi connectivity index (χ4n) is 6.10. The van der Waals surface area contributed by atoms with Gasteiger partial charge >= 0.3 is 12.1 Å². The van der Waals surface area contributed by atoms with Crippen LogP contribution in [0.25, 0.3) is 16.8 Å². The monoisotopic (exact) mass is 607 g/mol. The average Bonchev–Trinajstić information content (AvgIpc) is 3.62. The number of alkyl halides is 3. The predicted molar refractivity (Wildman–Crippen MR) is 158 cm³/mol. The number of carbonyl (C=O) groups is 1. The van der Waals surface area contributed by atoms with Crippen molar-refractivity contribution in [2.75, 3.05) is 30.3 Å². The van der Waals surface area contributed by atoms with Crippen LogP contribution in [0.1, 0.15) is 36.6 Å². The molecule has 2 aromatic heterocycles. The van der Waals surface area contributed by atoms with Gasteiger partial charge in [0.05, 0.1) is 11.4 Å². The third-order valence-electron chi connectivity index (χ3n) is 8.44. The van der Waals surface area contributed by atoms with Crippen molar-refractivity contribution in [1.82, 2.24) is 25.1 Å². The van der Waals surface area contributed by atoms with E-state index in [-0.39, 0.29) is 28.5 Å². The minimum absolute atomic E-state index is 0.137. The van der Waals surface area contributed by atoms with Crippen molar-refractivity contribution in [1.29, 1.82) is 0 Å². The van der Waals surface area contributed by atoms with Gasteiger partial charge in [-0.25, -0.2) is 4.68 Å². The third kappa shape index (κ3) is 6.05. The van der Waals surface area contributed by atoms with E-state index in [2.05, 4.69) is 20.4 Å². The van der Waals surface area contributed by atoms with Crippen molar-refractivity contribution in [3.63, 3.8) is 0 Å². The van der Waals surface area contributed by atoms with Crippen molar-refractivity contribution in [3.05, 3.63) is 78.1 Å². The van der Waals surface area contributed by atoms with Crippen LogP contribution in [0.3, 0.4) is 0 Å². The molecule has 2 aromatic carbocycles. The molecule has 0 amide bonds. The van der Waals surface area contributed by atoms with E-state index in [1.807, 2.05) is 35.2 Å². The lowest BCUT2D eigenvalue weighted by molar-refractivity contribution is -0.198. The molecule has 0 saturated carbocycles. The minimum atomic E-state index is -4.82. The Kier molecular flexibility index (Phi) is 7.66. The minimum Gasteiger partial charge on any atom is -0.480 e. The highest BCUT2D eigenvalue weighted by atomic mass is 19.4. The summed E-state index contributed by atoms with van der Waals surface area (Å²) in [5, 5.41) is 16.8. The van der Waals surface area contributed by atoms with E-state index >= 15 is 0 Å². The number of ether oxygens (including phenoxy) is 1. The van der Waals surface area contributed by atoms with E-state index in [4.69, 9.17) is 10.5 Å². The fraction of sp³-hybridized carbons (Fsp3) is 0.355. The number of piperidine rings is 1. The van der Waals surface area contributed by atoms with Crippen LogP contribution in [0.2, 0.25) is 0 Å². The molecule has 2 atom stereocenters. The summed E-state index contributed by atoms with van der Waals surface area (Å²) in [6.45, 7) is 3.43. The lowest BCUT2D eigenvalue weighted by Crippen LogP contribution is -2.41. The highest BCUT2D eigenvalue weighted by Gasteiger charge is 2.46. The van der Waals surface area contributed by atoms with Gasteiger partial charge < -0.3 is 25.8 Å². The van der Waals surface area contributed by atoms with Gasteiger partial charge in [-0.05, 0) is 60.9 Å². The fourth-order valence-corrected chi connectivity index (χ4v) is 6.10. The number of nitrogen functional groups attached to an aromatic ring is 1. The number of nitrogens with two attached hydrogens (primary N) is 1. The van der Waals surface area contributed by atoms with Gasteiger partial charge in [-0.3, -0.25) is 4.79 Å².